The highest BCUT2D eigenvalue weighted by Gasteiger charge is 2.14. The maximum absolute atomic E-state index is 11.5. The van der Waals surface area contributed by atoms with Gasteiger partial charge in [-0.1, -0.05) is 30.3 Å². The first-order chi connectivity index (χ1) is 12.0. The molecule has 0 fully saturated rings. The molecule has 1 unspecified atom stereocenters. The van der Waals surface area contributed by atoms with Crippen molar-refractivity contribution in [2.24, 2.45) is 5.73 Å². The monoisotopic (exact) mass is 352 g/mol. The second kappa shape index (κ2) is 11.7. The van der Waals surface area contributed by atoms with Crippen LogP contribution in [-0.4, -0.2) is 48.9 Å². The van der Waals surface area contributed by atoms with Gasteiger partial charge in [-0.2, -0.15) is 0 Å². The van der Waals surface area contributed by atoms with Crippen LogP contribution in [0.25, 0.3) is 0 Å². The van der Waals surface area contributed by atoms with E-state index in [2.05, 4.69) is 16.0 Å². The highest BCUT2D eigenvalue weighted by Crippen LogP contribution is 2.00. The summed E-state index contributed by atoms with van der Waals surface area (Å²) in [4.78, 5) is 33.2. The smallest absolute Gasteiger partial charge is 0.407 e. The molecular formula is C16H24N4O5. The van der Waals surface area contributed by atoms with Crippen LogP contribution < -0.4 is 21.7 Å². The minimum absolute atomic E-state index is 0.125. The van der Waals surface area contributed by atoms with E-state index in [0.717, 1.165) is 5.56 Å². The third-order valence-corrected chi connectivity index (χ3v) is 3.28. The van der Waals surface area contributed by atoms with E-state index in [4.69, 9.17) is 15.6 Å². The fourth-order valence-corrected chi connectivity index (χ4v) is 2.00. The minimum atomic E-state index is -1.15. The van der Waals surface area contributed by atoms with Crippen LogP contribution in [0.5, 0.6) is 0 Å². The predicted molar refractivity (Wildman–Crippen MR) is 90.9 cm³/mol. The number of carbonyl (C=O) groups is 3. The molecule has 3 amide bonds. The lowest BCUT2D eigenvalue weighted by atomic mass is 10.2. The van der Waals surface area contributed by atoms with E-state index < -0.39 is 24.1 Å². The normalized spacial score (nSPS) is 11.4. The van der Waals surface area contributed by atoms with Gasteiger partial charge in [0, 0.05) is 13.1 Å². The second-order valence-corrected chi connectivity index (χ2v) is 5.27. The molecule has 0 aliphatic rings. The average Bonchev–Trinajstić information content (AvgIpc) is 2.58. The molecular weight excluding hydrogens is 328 g/mol. The number of hydrogen-bond acceptors (Lipinski definition) is 5. The SMILES string of the molecule is NC(=O)C(CCNC(=O)O)NCCCNC(=O)OCc1ccccc1. The lowest BCUT2D eigenvalue weighted by Crippen LogP contribution is -2.44. The van der Waals surface area contributed by atoms with Crippen molar-refractivity contribution >= 4 is 18.1 Å². The third kappa shape index (κ3) is 9.82. The van der Waals surface area contributed by atoms with Gasteiger partial charge in [-0.05, 0) is 24.9 Å². The summed E-state index contributed by atoms with van der Waals surface area (Å²) in [6.45, 7) is 1.14. The molecule has 9 nitrogen and oxygen atoms in total. The van der Waals surface area contributed by atoms with Gasteiger partial charge in [-0.15, -0.1) is 0 Å². The van der Waals surface area contributed by atoms with E-state index in [1.54, 1.807) is 0 Å². The van der Waals surface area contributed by atoms with E-state index in [-0.39, 0.29) is 19.6 Å². The summed E-state index contributed by atoms with van der Waals surface area (Å²) in [7, 11) is 0. The van der Waals surface area contributed by atoms with Gasteiger partial charge in [-0.25, -0.2) is 9.59 Å². The molecule has 0 saturated carbocycles. The molecule has 9 heteroatoms. The Morgan fingerprint density at radius 1 is 1.08 bits per heavy atom. The first-order valence-electron chi connectivity index (χ1n) is 7.93. The van der Waals surface area contributed by atoms with Crippen molar-refractivity contribution in [3.05, 3.63) is 35.9 Å². The van der Waals surface area contributed by atoms with Gasteiger partial charge >= 0.3 is 12.2 Å². The maximum atomic E-state index is 11.5. The molecule has 1 aromatic carbocycles. The molecule has 0 saturated heterocycles. The zero-order valence-electron chi connectivity index (χ0n) is 13.9. The van der Waals surface area contributed by atoms with Gasteiger partial charge in [0.2, 0.25) is 5.91 Å². The summed E-state index contributed by atoms with van der Waals surface area (Å²) >= 11 is 0. The summed E-state index contributed by atoms with van der Waals surface area (Å²) < 4.78 is 5.06. The molecule has 0 aromatic heterocycles. The first-order valence-corrected chi connectivity index (χ1v) is 7.93. The van der Waals surface area contributed by atoms with Crippen molar-refractivity contribution in [1.82, 2.24) is 16.0 Å². The molecule has 0 bridgehead atoms. The molecule has 1 atom stereocenters. The number of ether oxygens (including phenoxy) is 1. The Morgan fingerprint density at radius 2 is 1.80 bits per heavy atom. The first kappa shape index (κ1) is 20.2. The van der Waals surface area contributed by atoms with Crippen molar-refractivity contribution in [2.75, 3.05) is 19.6 Å². The van der Waals surface area contributed by atoms with Gasteiger partial charge in [-0.3, -0.25) is 4.79 Å². The van der Waals surface area contributed by atoms with Gasteiger partial charge in [0.15, 0.2) is 0 Å². The molecule has 6 N–H and O–H groups in total. The Balaban J connectivity index is 2.11. The van der Waals surface area contributed by atoms with Gasteiger partial charge < -0.3 is 31.5 Å². The number of alkyl carbamates (subject to hydrolysis) is 1. The Labute approximate surface area is 145 Å². The number of benzene rings is 1. The van der Waals surface area contributed by atoms with Gasteiger partial charge in [0.25, 0.3) is 0 Å². The third-order valence-electron chi connectivity index (χ3n) is 3.28. The molecule has 0 aliphatic carbocycles. The minimum Gasteiger partial charge on any atom is -0.465 e. The Hall–Kier alpha value is -2.81. The van der Waals surface area contributed by atoms with Crippen molar-refractivity contribution in [2.45, 2.75) is 25.5 Å². The number of amides is 3. The second-order valence-electron chi connectivity index (χ2n) is 5.27. The van der Waals surface area contributed by atoms with Gasteiger partial charge in [0.05, 0.1) is 6.04 Å². The molecule has 0 spiro atoms. The van der Waals surface area contributed by atoms with Crippen molar-refractivity contribution in [1.29, 1.82) is 0 Å². The fourth-order valence-electron chi connectivity index (χ4n) is 2.00. The van der Waals surface area contributed by atoms with Crippen molar-refractivity contribution < 1.29 is 24.2 Å². The lowest BCUT2D eigenvalue weighted by molar-refractivity contribution is -0.120. The number of primary amides is 1. The van der Waals surface area contributed by atoms with Gasteiger partial charge in [0.1, 0.15) is 6.61 Å². The van der Waals surface area contributed by atoms with Crippen molar-refractivity contribution in [3.63, 3.8) is 0 Å². The zero-order chi connectivity index (χ0) is 18.5. The van der Waals surface area contributed by atoms with E-state index >= 15 is 0 Å². The topological polar surface area (TPSA) is 143 Å². The molecule has 138 valence electrons. The average molecular weight is 352 g/mol. The number of hydrogen-bond donors (Lipinski definition) is 5. The van der Waals surface area contributed by atoms with Crippen LogP contribution in [0.3, 0.4) is 0 Å². The van der Waals surface area contributed by atoms with Crippen LogP contribution in [0, 0.1) is 0 Å². The van der Waals surface area contributed by atoms with E-state index in [0.29, 0.717) is 19.5 Å². The predicted octanol–water partition coefficient (Wildman–Crippen LogP) is 0.404. The van der Waals surface area contributed by atoms with E-state index in [9.17, 15) is 14.4 Å². The van der Waals surface area contributed by atoms with E-state index in [1.165, 1.54) is 0 Å². The highest BCUT2D eigenvalue weighted by atomic mass is 16.5. The van der Waals surface area contributed by atoms with Crippen LogP contribution >= 0.6 is 0 Å². The van der Waals surface area contributed by atoms with Crippen LogP contribution in [-0.2, 0) is 16.1 Å². The number of carboxylic acid groups (broad SMARTS) is 1. The van der Waals surface area contributed by atoms with Crippen LogP contribution in [0.2, 0.25) is 0 Å². The molecule has 25 heavy (non-hydrogen) atoms. The molecule has 1 aromatic rings. The summed E-state index contributed by atoms with van der Waals surface area (Å²) in [6.07, 6.45) is -0.840. The van der Waals surface area contributed by atoms with Crippen molar-refractivity contribution in [3.8, 4) is 0 Å². The summed E-state index contributed by atoms with van der Waals surface area (Å²) in [5, 5.41) is 16.2. The lowest BCUT2D eigenvalue weighted by Gasteiger charge is -2.15. The molecule has 0 heterocycles. The number of rotatable bonds is 11. The Bertz CT molecular complexity index is 553. The quantitative estimate of drug-likeness (QED) is 0.365. The maximum Gasteiger partial charge on any atom is 0.407 e. The van der Waals surface area contributed by atoms with Crippen LogP contribution in [0.4, 0.5) is 9.59 Å². The Kier molecular flexibility index (Phi) is 9.46. The highest BCUT2D eigenvalue weighted by molar-refractivity contribution is 5.79. The molecule has 1 rings (SSSR count). The molecule has 0 radical (unpaired) electrons. The summed E-state index contributed by atoms with van der Waals surface area (Å²) in [5.41, 5.74) is 6.15. The van der Waals surface area contributed by atoms with E-state index in [1.807, 2.05) is 30.3 Å². The Morgan fingerprint density at radius 3 is 2.44 bits per heavy atom. The largest absolute Gasteiger partial charge is 0.465 e. The number of carbonyl (C=O) groups excluding carboxylic acids is 2. The zero-order valence-corrected chi connectivity index (χ0v) is 13.9. The summed E-state index contributed by atoms with van der Waals surface area (Å²) in [5.74, 6) is -0.553. The van der Waals surface area contributed by atoms with Crippen LogP contribution in [0.1, 0.15) is 18.4 Å². The van der Waals surface area contributed by atoms with Crippen LogP contribution in [0.15, 0.2) is 30.3 Å². The molecule has 0 aliphatic heterocycles. The number of nitrogens with one attached hydrogen (secondary N) is 3. The summed E-state index contributed by atoms with van der Waals surface area (Å²) in [6, 6.07) is 8.71. The number of nitrogens with two attached hydrogens (primary N) is 1. The fraction of sp³-hybridized carbons (Fsp3) is 0.438. The standard InChI is InChI=1S/C16H24N4O5/c17-14(21)13(7-10-19-15(22)23)18-8-4-9-20-16(24)25-11-12-5-2-1-3-6-12/h1-3,5-6,13,18-19H,4,7-11H2,(H2,17,21)(H,20,24)(H,22,23).